The smallest absolute Gasteiger partial charge is 0.162 e. The van der Waals surface area contributed by atoms with Crippen molar-refractivity contribution in [1.29, 1.82) is 0 Å². The zero-order valence-electron chi connectivity index (χ0n) is 15.5. The molecule has 1 aromatic rings. The van der Waals surface area contributed by atoms with E-state index in [0.29, 0.717) is 12.0 Å². The number of ether oxygens (including phenoxy) is 1. The molecule has 0 radical (unpaired) electrons. The highest BCUT2D eigenvalue weighted by atomic mass is 16.5. The van der Waals surface area contributed by atoms with Crippen molar-refractivity contribution in [3.05, 3.63) is 52.4 Å². The highest BCUT2D eigenvalue weighted by molar-refractivity contribution is 6.05. The number of Topliss-reactive ketones (excluding diaryl/α,β-unsaturated/α-hetero) is 2. The van der Waals surface area contributed by atoms with Crippen LogP contribution in [-0.4, -0.2) is 18.7 Å². The number of carbonyl (C=O) groups is 2. The highest BCUT2D eigenvalue weighted by Crippen LogP contribution is 2.46. The summed E-state index contributed by atoms with van der Waals surface area (Å²) in [6.07, 6.45) is 1.30. The predicted molar refractivity (Wildman–Crippen MR) is 97.3 cm³/mol. The molecule has 1 aromatic carbocycles. The van der Waals surface area contributed by atoms with Crippen LogP contribution in [-0.2, 0) is 9.59 Å². The van der Waals surface area contributed by atoms with E-state index < -0.39 is 0 Å². The molecule has 0 amide bonds. The van der Waals surface area contributed by atoms with E-state index in [4.69, 9.17) is 4.74 Å². The lowest BCUT2D eigenvalue weighted by Crippen LogP contribution is -2.38. The predicted octanol–water partition coefficient (Wildman–Crippen LogP) is 3.89. The summed E-state index contributed by atoms with van der Waals surface area (Å²) in [5.74, 6) is 0.509. The second-order valence-electron chi connectivity index (χ2n) is 7.76. The fraction of sp³-hybridized carbons (Fsp3) is 0.429. The molecule has 4 nitrogen and oxygen atoms in total. The Balaban J connectivity index is 2.20. The average Bonchev–Trinajstić information content (AvgIpc) is 2.51. The SMILES string of the molecule is COc1cccc(C2C(C(C)=O)=C(C)NC3=C2C(=O)CC(C)(C)C3)c1. The van der Waals surface area contributed by atoms with Crippen LogP contribution in [0.15, 0.2) is 46.8 Å². The van der Waals surface area contributed by atoms with Gasteiger partial charge >= 0.3 is 0 Å². The van der Waals surface area contributed by atoms with E-state index in [2.05, 4.69) is 19.2 Å². The molecule has 0 aromatic heterocycles. The van der Waals surface area contributed by atoms with Gasteiger partial charge in [0.05, 0.1) is 7.11 Å². The molecule has 4 heteroatoms. The molecule has 0 bridgehead atoms. The van der Waals surface area contributed by atoms with Crippen molar-refractivity contribution >= 4 is 11.6 Å². The number of rotatable bonds is 3. The maximum Gasteiger partial charge on any atom is 0.162 e. The molecule has 1 aliphatic carbocycles. The largest absolute Gasteiger partial charge is 0.497 e. The van der Waals surface area contributed by atoms with Gasteiger partial charge in [0.15, 0.2) is 11.6 Å². The van der Waals surface area contributed by atoms with Gasteiger partial charge in [-0.15, -0.1) is 0 Å². The molecule has 1 N–H and O–H groups in total. The number of carbonyl (C=O) groups excluding carboxylic acids is 2. The Hall–Kier alpha value is -2.36. The Labute approximate surface area is 149 Å². The van der Waals surface area contributed by atoms with Crippen molar-refractivity contribution in [2.24, 2.45) is 5.41 Å². The van der Waals surface area contributed by atoms with Gasteiger partial charge in [-0.05, 0) is 43.4 Å². The van der Waals surface area contributed by atoms with Crippen molar-refractivity contribution in [2.75, 3.05) is 7.11 Å². The van der Waals surface area contributed by atoms with Crippen LogP contribution in [0, 0.1) is 5.41 Å². The zero-order chi connectivity index (χ0) is 18.4. The van der Waals surface area contributed by atoms with Crippen LogP contribution in [0.5, 0.6) is 5.75 Å². The maximum absolute atomic E-state index is 13.0. The number of ketones is 2. The molecule has 1 atom stereocenters. The fourth-order valence-electron chi connectivity index (χ4n) is 4.06. The Bertz CT molecular complexity index is 814. The van der Waals surface area contributed by atoms with Crippen molar-refractivity contribution in [3.63, 3.8) is 0 Å². The first kappa shape index (κ1) is 17.5. The standard InChI is InChI=1S/C21H25NO3/c1-12-18(13(2)23)19(14-7-6-8-15(9-14)25-5)20-16(22-12)10-21(3,4)11-17(20)24/h6-9,19,22H,10-11H2,1-5H3. The molecule has 0 fully saturated rings. The van der Waals surface area contributed by atoms with E-state index in [-0.39, 0.29) is 22.9 Å². The monoisotopic (exact) mass is 339 g/mol. The molecule has 132 valence electrons. The second-order valence-corrected chi connectivity index (χ2v) is 7.76. The number of nitrogens with one attached hydrogen (secondary N) is 1. The summed E-state index contributed by atoms with van der Waals surface area (Å²) in [5.41, 5.74) is 4.05. The summed E-state index contributed by atoms with van der Waals surface area (Å²) in [5, 5.41) is 3.35. The molecule has 2 aliphatic rings. The van der Waals surface area contributed by atoms with Gasteiger partial charge in [-0.3, -0.25) is 9.59 Å². The highest BCUT2D eigenvalue weighted by Gasteiger charge is 2.41. The minimum atomic E-state index is -0.326. The van der Waals surface area contributed by atoms with Gasteiger partial charge in [0.2, 0.25) is 0 Å². The van der Waals surface area contributed by atoms with Crippen LogP contribution in [0.3, 0.4) is 0 Å². The average molecular weight is 339 g/mol. The lowest BCUT2D eigenvalue weighted by Gasteiger charge is -2.39. The first-order valence-electron chi connectivity index (χ1n) is 8.62. The molecule has 0 saturated heterocycles. The molecule has 1 unspecified atom stereocenters. The van der Waals surface area contributed by atoms with Crippen LogP contribution in [0.1, 0.15) is 52.0 Å². The van der Waals surface area contributed by atoms with E-state index in [0.717, 1.165) is 34.7 Å². The van der Waals surface area contributed by atoms with Crippen LogP contribution in [0.25, 0.3) is 0 Å². The zero-order valence-corrected chi connectivity index (χ0v) is 15.5. The Morgan fingerprint density at radius 2 is 2.00 bits per heavy atom. The number of allylic oxidation sites excluding steroid dienone is 4. The van der Waals surface area contributed by atoms with Gasteiger partial charge in [0.1, 0.15) is 5.75 Å². The maximum atomic E-state index is 13.0. The number of hydrogen-bond acceptors (Lipinski definition) is 4. The summed E-state index contributed by atoms with van der Waals surface area (Å²) in [6.45, 7) is 7.70. The minimum absolute atomic E-state index is 0.0120. The summed E-state index contributed by atoms with van der Waals surface area (Å²) in [6, 6.07) is 7.66. The van der Waals surface area contributed by atoms with E-state index in [1.165, 1.54) is 0 Å². The van der Waals surface area contributed by atoms with Crippen LogP contribution < -0.4 is 10.1 Å². The van der Waals surface area contributed by atoms with Gasteiger partial charge in [-0.2, -0.15) is 0 Å². The van der Waals surface area contributed by atoms with Crippen LogP contribution >= 0.6 is 0 Å². The summed E-state index contributed by atoms with van der Waals surface area (Å²) >= 11 is 0. The van der Waals surface area contributed by atoms with E-state index >= 15 is 0 Å². The normalized spacial score (nSPS) is 22.4. The van der Waals surface area contributed by atoms with Gasteiger partial charge in [-0.1, -0.05) is 26.0 Å². The number of hydrogen-bond donors (Lipinski definition) is 1. The van der Waals surface area contributed by atoms with E-state index in [1.807, 2.05) is 31.2 Å². The van der Waals surface area contributed by atoms with Crippen molar-refractivity contribution in [1.82, 2.24) is 5.32 Å². The first-order valence-corrected chi connectivity index (χ1v) is 8.62. The third kappa shape index (κ3) is 3.13. The van der Waals surface area contributed by atoms with Gasteiger partial charge < -0.3 is 10.1 Å². The molecule has 25 heavy (non-hydrogen) atoms. The molecular weight excluding hydrogens is 314 g/mol. The summed E-state index contributed by atoms with van der Waals surface area (Å²) in [7, 11) is 1.62. The second kappa shape index (κ2) is 6.17. The summed E-state index contributed by atoms with van der Waals surface area (Å²) in [4.78, 5) is 25.4. The minimum Gasteiger partial charge on any atom is -0.497 e. The number of dihydropyridines is 1. The van der Waals surface area contributed by atoms with E-state index in [1.54, 1.807) is 14.0 Å². The molecule has 0 spiro atoms. The van der Waals surface area contributed by atoms with Gasteiger partial charge in [-0.25, -0.2) is 0 Å². The van der Waals surface area contributed by atoms with E-state index in [9.17, 15) is 9.59 Å². The van der Waals surface area contributed by atoms with Crippen molar-refractivity contribution in [2.45, 2.75) is 46.5 Å². The molecule has 1 aliphatic heterocycles. The third-order valence-electron chi connectivity index (χ3n) is 5.05. The molecule has 3 rings (SSSR count). The Morgan fingerprint density at radius 3 is 2.64 bits per heavy atom. The first-order chi connectivity index (χ1) is 11.7. The topological polar surface area (TPSA) is 55.4 Å². The third-order valence-corrected chi connectivity index (χ3v) is 5.05. The molecular formula is C21H25NO3. The van der Waals surface area contributed by atoms with Crippen molar-refractivity contribution < 1.29 is 14.3 Å². The fourth-order valence-corrected chi connectivity index (χ4v) is 4.06. The van der Waals surface area contributed by atoms with Crippen LogP contribution in [0.4, 0.5) is 0 Å². The summed E-state index contributed by atoms with van der Waals surface area (Å²) < 4.78 is 5.35. The van der Waals surface area contributed by atoms with Crippen LogP contribution in [0.2, 0.25) is 0 Å². The van der Waals surface area contributed by atoms with Gasteiger partial charge in [0.25, 0.3) is 0 Å². The lowest BCUT2D eigenvalue weighted by atomic mass is 9.68. The van der Waals surface area contributed by atoms with Crippen molar-refractivity contribution in [3.8, 4) is 5.75 Å². The molecule has 0 saturated carbocycles. The molecule has 1 heterocycles. The Kier molecular flexibility index (Phi) is 4.31. The van der Waals surface area contributed by atoms with Gasteiger partial charge in [0, 0.05) is 34.9 Å². The quantitative estimate of drug-likeness (QED) is 0.908. The Morgan fingerprint density at radius 1 is 1.28 bits per heavy atom. The number of methoxy groups -OCH3 is 1. The lowest BCUT2D eigenvalue weighted by molar-refractivity contribution is -0.118. The number of benzene rings is 1.